The van der Waals surface area contributed by atoms with Gasteiger partial charge >= 0.3 is 11.9 Å². The molecule has 4 N–H and O–H groups in total. The number of carbonyl (C=O) groups is 2. The number of hydrogen-bond donors (Lipinski definition) is 4. The average molecular weight is 733 g/mol. The first kappa shape index (κ1) is 38.4. The van der Waals surface area contributed by atoms with Crippen LogP contribution in [0.15, 0.2) is 101 Å². The molecule has 2 aromatic heterocycles. The summed E-state index contributed by atoms with van der Waals surface area (Å²) < 4.78 is 13.4. The highest BCUT2D eigenvalue weighted by Crippen LogP contribution is 2.24. The van der Waals surface area contributed by atoms with Gasteiger partial charge in [0, 0.05) is 36.3 Å². The molecule has 5 rings (SSSR count). The predicted molar refractivity (Wildman–Crippen MR) is 187 cm³/mol. The fraction of sp³-hybridized carbons (Fsp3) is 0.270. The van der Waals surface area contributed by atoms with E-state index < -0.39 is 11.9 Å². The molecule has 2 heterocycles. The van der Waals surface area contributed by atoms with Gasteiger partial charge in [-0.15, -0.1) is 11.3 Å². The van der Waals surface area contributed by atoms with Crippen LogP contribution in [0.1, 0.15) is 70.5 Å². The third kappa shape index (κ3) is 11.6. The van der Waals surface area contributed by atoms with Crippen LogP contribution in [0, 0.1) is 0 Å². The van der Waals surface area contributed by atoms with Crippen molar-refractivity contribution in [2.75, 3.05) is 6.61 Å². The monoisotopic (exact) mass is 732 g/mol. The molecular formula is C37H40N4O10S. The van der Waals surface area contributed by atoms with Gasteiger partial charge in [-0.2, -0.15) is 0 Å². The Labute approximate surface area is 304 Å². The maximum absolute atomic E-state index is 13.6. The first-order valence-corrected chi connectivity index (χ1v) is 17.4. The van der Waals surface area contributed by atoms with E-state index in [0.29, 0.717) is 54.0 Å². The van der Waals surface area contributed by atoms with Gasteiger partial charge < -0.3 is 14.0 Å². The highest BCUT2D eigenvalue weighted by Gasteiger charge is 2.19. The molecule has 52 heavy (non-hydrogen) atoms. The summed E-state index contributed by atoms with van der Waals surface area (Å²) >= 11 is 1.54. The molecule has 1 aliphatic rings. The quantitative estimate of drug-likeness (QED) is 0.0362. The maximum atomic E-state index is 13.6. The molecule has 0 saturated carbocycles. The van der Waals surface area contributed by atoms with Crippen LogP contribution in [0.2, 0.25) is 0 Å². The minimum absolute atomic E-state index is 0.00541. The second-order valence-corrected chi connectivity index (χ2v) is 12.9. The Hall–Kier alpha value is -4.81. The summed E-state index contributed by atoms with van der Waals surface area (Å²) in [6, 6.07) is 17.5. The fourth-order valence-electron chi connectivity index (χ4n) is 5.30. The lowest BCUT2D eigenvalue weighted by Gasteiger charge is -2.15. The van der Waals surface area contributed by atoms with E-state index in [1.807, 2.05) is 35.7 Å². The van der Waals surface area contributed by atoms with Crippen LogP contribution < -0.4 is 4.74 Å². The van der Waals surface area contributed by atoms with Crippen LogP contribution in [0.5, 0.6) is 5.75 Å². The molecule has 14 nitrogen and oxygen atoms in total. The summed E-state index contributed by atoms with van der Waals surface area (Å²) in [4.78, 5) is 41.5. The summed E-state index contributed by atoms with van der Waals surface area (Å²) in [5, 5.41) is 36.3. The summed E-state index contributed by atoms with van der Waals surface area (Å²) in [6.45, 7) is 2.48. The minimum Gasteiger partial charge on any atom is -0.427 e. The van der Waals surface area contributed by atoms with E-state index in [0.717, 1.165) is 46.8 Å². The molecule has 0 atom stereocenters. The predicted octanol–water partition coefficient (Wildman–Crippen LogP) is 6.85. The lowest BCUT2D eigenvalue weighted by Crippen LogP contribution is -2.17. The van der Waals surface area contributed by atoms with Gasteiger partial charge in [0.25, 0.3) is 0 Å². The number of esters is 2. The second kappa shape index (κ2) is 19.1. The van der Waals surface area contributed by atoms with Crippen molar-refractivity contribution in [3.63, 3.8) is 0 Å². The van der Waals surface area contributed by atoms with Crippen LogP contribution in [0.25, 0.3) is 6.08 Å². The second-order valence-electron chi connectivity index (χ2n) is 11.8. The zero-order chi connectivity index (χ0) is 36.9. The summed E-state index contributed by atoms with van der Waals surface area (Å²) in [5.41, 5.74) is 3.93. The van der Waals surface area contributed by atoms with Crippen LogP contribution in [-0.4, -0.2) is 59.7 Å². The van der Waals surface area contributed by atoms with E-state index in [9.17, 15) is 9.59 Å². The van der Waals surface area contributed by atoms with E-state index >= 15 is 0 Å². The van der Waals surface area contributed by atoms with Crippen molar-refractivity contribution in [1.82, 2.24) is 20.3 Å². The maximum Gasteiger partial charge on any atom is 0.343 e. The summed E-state index contributed by atoms with van der Waals surface area (Å²) in [7, 11) is 0. The standard InChI is InChI=1S/C37H40N4O10S/c1-2-3-6-35-38-22-31(20-30(21-34-5-4-19-52-34)37(43)51-33-17-11-28(12-18-33)25-49-41(46)47)39(35)23-26-7-13-29(14-8-26)36(42)50-32-15-9-27(10-16-32)24-48-40(44)45/h4-5,7-9,11-15,17-20,22,44-47H,2-3,6,10,16,21,23-25H2,1H3/b30-20+. The number of hydrogen-bond acceptors (Lipinski definition) is 14. The molecule has 15 heteroatoms. The van der Waals surface area contributed by atoms with Gasteiger partial charge in [0.15, 0.2) is 0 Å². The number of rotatable bonds is 18. The smallest absolute Gasteiger partial charge is 0.343 e. The number of thiophene rings is 1. The zero-order valence-electron chi connectivity index (χ0n) is 28.5. The molecular weight excluding hydrogens is 692 g/mol. The van der Waals surface area contributed by atoms with Gasteiger partial charge in [-0.05, 0) is 77.4 Å². The SMILES string of the molecule is CCCCc1ncc(/C=C(\Cc2cccs2)C(=O)Oc2ccc(CON(O)O)cc2)n1Cc1ccc(C(=O)OC2=CC=C(CON(O)O)CC2)cc1. The Bertz CT molecular complexity index is 1860. The lowest BCUT2D eigenvalue weighted by atomic mass is 10.0. The van der Waals surface area contributed by atoms with E-state index in [2.05, 4.69) is 21.2 Å². The fourth-order valence-corrected chi connectivity index (χ4v) is 6.02. The molecule has 1 aliphatic carbocycles. The zero-order valence-corrected chi connectivity index (χ0v) is 29.3. The molecule has 0 unspecified atom stereocenters. The number of imidazole rings is 1. The highest BCUT2D eigenvalue weighted by molar-refractivity contribution is 7.09. The molecule has 4 aromatic rings. The number of benzene rings is 2. The largest absolute Gasteiger partial charge is 0.427 e. The van der Waals surface area contributed by atoms with Crippen LogP contribution >= 0.6 is 11.3 Å². The highest BCUT2D eigenvalue weighted by atomic mass is 32.1. The van der Waals surface area contributed by atoms with Gasteiger partial charge in [0.1, 0.15) is 17.3 Å². The van der Waals surface area contributed by atoms with Crippen molar-refractivity contribution >= 4 is 29.4 Å². The van der Waals surface area contributed by atoms with E-state index in [-0.39, 0.29) is 24.0 Å². The Kier molecular flexibility index (Phi) is 14.1. The molecule has 0 bridgehead atoms. The van der Waals surface area contributed by atoms with Gasteiger partial charge in [0.2, 0.25) is 0 Å². The van der Waals surface area contributed by atoms with Crippen molar-refractivity contribution in [1.29, 1.82) is 0 Å². The Morgan fingerprint density at radius 3 is 2.29 bits per heavy atom. The Morgan fingerprint density at radius 2 is 1.63 bits per heavy atom. The first-order chi connectivity index (χ1) is 25.2. The van der Waals surface area contributed by atoms with Crippen LogP contribution in [0.4, 0.5) is 0 Å². The van der Waals surface area contributed by atoms with E-state index in [1.165, 1.54) is 11.3 Å². The molecule has 0 spiro atoms. The topological polar surface area (TPSA) is 176 Å². The lowest BCUT2D eigenvalue weighted by molar-refractivity contribution is -0.497. The van der Waals surface area contributed by atoms with Crippen LogP contribution in [-0.2, 0) is 45.2 Å². The summed E-state index contributed by atoms with van der Waals surface area (Å²) in [6.07, 6.45) is 11.0. The third-order valence-corrected chi connectivity index (χ3v) is 8.93. The number of unbranched alkanes of at least 4 members (excludes halogenated alkanes) is 1. The van der Waals surface area contributed by atoms with Gasteiger partial charge in [-0.25, -0.2) is 24.2 Å². The number of aromatic nitrogens is 2. The number of nitrogens with zero attached hydrogens (tertiary/aromatic N) is 4. The van der Waals surface area contributed by atoms with Gasteiger partial charge in [-0.1, -0.05) is 49.8 Å². The molecule has 0 amide bonds. The normalized spacial score (nSPS) is 13.3. The molecule has 0 radical (unpaired) electrons. The minimum atomic E-state index is -0.518. The Morgan fingerprint density at radius 1 is 0.904 bits per heavy atom. The molecule has 274 valence electrons. The molecule has 0 saturated heterocycles. The first-order valence-electron chi connectivity index (χ1n) is 16.6. The third-order valence-electron chi connectivity index (χ3n) is 8.05. The van der Waals surface area contributed by atoms with Crippen LogP contribution in [0.3, 0.4) is 0 Å². The number of ether oxygens (including phenoxy) is 2. The average Bonchev–Trinajstić information content (AvgIpc) is 3.79. The van der Waals surface area contributed by atoms with Gasteiger partial charge in [0.05, 0.1) is 41.4 Å². The van der Waals surface area contributed by atoms with Crippen molar-refractivity contribution in [2.45, 2.75) is 58.6 Å². The number of aryl methyl sites for hydroxylation is 1. The van der Waals surface area contributed by atoms with Gasteiger partial charge in [-0.3, -0.25) is 20.8 Å². The molecule has 0 aliphatic heterocycles. The van der Waals surface area contributed by atoms with E-state index in [4.69, 9.17) is 35.3 Å². The number of allylic oxidation sites excluding steroid dienone is 3. The number of carbonyl (C=O) groups excluding carboxylic acids is 2. The molecule has 0 fully saturated rings. The Balaban J connectivity index is 1.32. The summed E-state index contributed by atoms with van der Waals surface area (Å²) in [5.74, 6) is 0.683. The van der Waals surface area contributed by atoms with Crippen molar-refractivity contribution in [3.05, 3.63) is 134 Å². The van der Waals surface area contributed by atoms with E-state index in [1.54, 1.807) is 54.7 Å². The molecule has 2 aromatic carbocycles. The van der Waals surface area contributed by atoms with Crippen molar-refractivity contribution < 1.29 is 49.6 Å². The van der Waals surface area contributed by atoms with Crippen molar-refractivity contribution in [2.24, 2.45) is 0 Å². The van der Waals surface area contributed by atoms with Crippen molar-refractivity contribution in [3.8, 4) is 5.75 Å².